The summed E-state index contributed by atoms with van der Waals surface area (Å²) in [5, 5.41) is 4.73. The smallest absolute Gasteiger partial charge is 0.0642 e. The van der Waals surface area contributed by atoms with Gasteiger partial charge < -0.3 is 19.4 Å². The van der Waals surface area contributed by atoms with Crippen LogP contribution in [-0.4, -0.2) is 38.5 Å². The highest BCUT2D eigenvalue weighted by atomic mass is 16.5. The minimum atomic E-state index is 0.740. The number of hydrogen-bond donors (Lipinski definition) is 1. The van der Waals surface area contributed by atoms with Crippen molar-refractivity contribution in [3.63, 3.8) is 0 Å². The largest absolute Gasteiger partial charge is 0.383 e. The van der Waals surface area contributed by atoms with E-state index in [0.717, 1.165) is 32.8 Å². The summed E-state index contributed by atoms with van der Waals surface area (Å²) in [6, 6.07) is 6.71. The van der Waals surface area contributed by atoms with Crippen molar-refractivity contribution < 1.29 is 9.47 Å². The van der Waals surface area contributed by atoms with Crippen molar-refractivity contribution in [3.8, 4) is 0 Å². The average molecular weight is 290 g/mol. The minimum Gasteiger partial charge on any atom is -0.383 e. The molecule has 0 fully saturated rings. The van der Waals surface area contributed by atoms with Crippen molar-refractivity contribution in [1.29, 1.82) is 0 Å². The molecule has 1 heterocycles. The van der Waals surface area contributed by atoms with E-state index >= 15 is 0 Å². The number of ether oxygens (including phenoxy) is 2. The van der Waals surface area contributed by atoms with Gasteiger partial charge in [-0.25, -0.2) is 0 Å². The molecule has 0 amide bonds. The predicted molar refractivity (Wildman–Crippen MR) is 86.9 cm³/mol. The first-order valence-electron chi connectivity index (χ1n) is 7.46. The Kier molecular flexibility index (Phi) is 5.79. The van der Waals surface area contributed by atoms with Gasteiger partial charge in [-0.3, -0.25) is 0 Å². The van der Waals surface area contributed by atoms with Gasteiger partial charge in [0.2, 0.25) is 0 Å². The topological polar surface area (TPSA) is 35.4 Å². The third-order valence-corrected chi connectivity index (χ3v) is 4.03. The second kappa shape index (κ2) is 7.59. The lowest BCUT2D eigenvalue weighted by molar-refractivity contribution is 0.188. The summed E-state index contributed by atoms with van der Waals surface area (Å²) in [4.78, 5) is 0. The van der Waals surface area contributed by atoms with Crippen LogP contribution in [0.15, 0.2) is 18.2 Å². The molecule has 0 saturated carbocycles. The lowest BCUT2D eigenvalue weighted by atomic mass is 10.1. The number of methoxy groups -OCH3 is 2. The van der Waals surface area contributed by atoms with Crippen LogP contribution in [0.5, 0.6) is 0 Å². The maximum Gasteiger partial charge on any atom is 0.0642 e. The fraction of sp³-hybridized carbons (Fsp3) is 0.529. The maximum absolute atomic E-state index is 5.22. The Hall–Kier alpha value is -1.36. The summed E-state index contributed by atoms with van der Waals surface area (Å²) in [6.45, 7) is 8.52. The summed E-state index contributed by atoms with van der Waals surface area (Å²) in [6.07, 6.45) is 0. The second-order valence-corrected chi connectivity index (χ2v) is 5.38. The molecule has 1 aromatic heterocycles. The van der Waals surface area contributed by atoms with E-state index < -0.39 is 0 Å². The number of rotatable bonds is 8. The standard InChI is InChI=1S/C17H26N2O2/c1-13-14(2)19(8-10-21-4)17-6-5-15(11-16(13)17)12-18-7-9-20-3/h5-6,11,18H,7-10,12H2,1-4H3. The Labute approximate surface area is 127 Å². The highest BCUT2D eigenvalue weighted by molar-refractivity contribution is 5.86. The van der Waals surface area contributed by atoms with E-state index in [1.807, 2.05) is 0 Å². The van der Waals surface area contributed by atoms with Crippen molar-refractivity contribution in [1.82, 2.24) is 9.88 Å². The number of nitrogens with one attached hydrogen (secondary N) is 1. The fourth-order valence-corrected chi connectivity index (χ4v) is 2.68. The summed E-state index contributed by atoms with van der Waals surface area (Å²) >= 11 is 0. The minimum absolute atomic E-state index is 0.740. The van der Waals surface area contributed by atoms with Gasteiger partial charge in [0.05, 0.1) is 13.2 Å². The van der Waals surface area contributed by atoms with Crippen LogP contribution >= 0.6 is 0 Å². The molecule has 0 bridgehead atoms. The molecule has 4 heteroatoms. The Bertz CT molecular complexity index is 590. The van der Waals surface area contributed by atoms with Crippen LogP contribution in [0.2, 0.25) is 0 Å². The summed E-state index contributed by atoms with van der Waals surface area (Å²) in [5.41, 5.74) is 5.29. The highest BCUT2D eigenvalue weighted by Crippen LogP contribution is 2.26. The zero-order chi connectivity index (χ0) is 15.2. The molecular weight excluding hydrogens is 264 g/mol. The normalized spacial score (nSPS) is 11.4. The third-order valence-electron chi connectivity index (χ3n) is 4.03. The molecule has 0 aliphatic rings. The van der Waals surface area contributed by atoms with E-state index in [4.69, 9.17) is 9.47 Å². The Morgan fingerprint density at radius 1 is 1.10 bits per heavy atom. The van der Waals surface area contributed by atoms with Gasteiger partial charge in [-0.15, -0.1) is 0 Å². The molecule has 116 valence electrons. The zero-order valence-corrected chi connectivity index (χ0v) is 13.5. The molecule has 0 atom stereocenters. The quantitative estimate of drug-likeness (QED) is 0.759. The lowest BCUT2D eigenvalue weighted by Gasteiger charge is -2.08. The molecule has 2 aromatic rings. The predicted octanol–water partition coefficient (Wildman–Crippen LogP) is 2.64. The van der Waals surface area contributed by atoms with Gasteiger partial charge in [0.25, 0.3) is 0 Å². The number of aryl methyl sites for hydroxylation is 1. The molecule has 4 nitrogen and oxygen atoms in total. The molecule has 2 rings (SSSR count). The van der Waals surface area contributed by atoms with Crippen LogP contribution in [0, 0.1) is 13.8 Å². The van der Waals surface area contributed by atoms with Crippen LogP contribution < -0.4 is 5.32 Å². The Morgan fingerprint density at radius 3 is 2.57 bits per heavy atom. The van der Waals surface area contributed by atoms with Crippen LogP contribution in [0.3, 0.4) is 0 Å². The number of nitrogens with zero attached hydrogens (tertiary/aromatic N) is 1. The van der Waals surface area contributed by atoms with Gasteiger partial charge >= 0.3 is 0 Å². The number of benzene rings is 1. The van der Waals surface area contributed by atoms with Gasteiger partial charge in [-0.05, 0) is 37.1 Å². The molecular formula is C17H26N2O2. The van der Waals surface area contributed by atoms with Crippen molar-refractivity contribution in [2.75, 3.05) is 34.0 Å². The molecule has 0 spiro atoms. The lowest BCUT2D eigenvalue weighted by Crippen LogP contribution is -2.18. The summed E-state index contributed by atoms with van der Waals surface area (Å²) in [7, 11) is 3.47. The first-order chi connectivity index (χ1) is 10.2. The van der Waals surface area contributed by atoms with E-state index in [9.17, 15) is 0 Å². The molecule has 21 heavy (non-hydrogen) atoms. The van der Waals surface area contributed by atoms with Gasteiger partial charge in [-0.1, -0.05) is 6.07 Å². The van der Waals surface area contributed by atoms with Crippen molar-refractivity contribution in [2.24, 2.45) is 0 Å². The number of hydrogen-bond acceptors (Lipinski definition) is 3. The fourth-order valence-electron chi connectivity index (χ4n) is 2.68. The summed E-state index contributed by atoms with van der Waals surface area (Å²) < 4.78 is 12.6. The molecule has 0 aliphatic carbocycles. The van der Waals surface area contributed by atoms with E-state index in [1.54, 1.807) is 14.2 Å². The molecule has 0 unspecified atom stereocenters. The molecule has 1 N–H and O–H groups in total. The number of fused-ring (bicyclic) bond motifs is 1. The number of aromatic nitrogens is 1. The summed E-state index contributed by atoms with van der Waals surface area (Å²) in [5.74, 6) is 0. The van der Waals surface area contributed by atoms with Crippen LogP contribution in [0.1, 0.15) is 16.8 Å². The second-order valence-electron chi connectivity index (χ2n) is 5.38. The van der Waals surface area contributed by atoms with E-state index in [0.29, 0.717) is 0 Å². The SMILES string of the molecule is COCCNCc1ccc2c(c1)c(C)c(C)n2CCOC. The molecule has 0 aliphatic heterocycles. The molecule has 1 aromatic carbocycles. The molecule has 0 saturated heterocycles. The van der Waals surface area contributed by atoms with Gasteiger partial charge in [-0.2, -0.15) is 0 Å². The monoisotopic (exact) mass is 290 g/mol. The zero-order valence-electron chi connectivity index (χ0n) is 13.5. The van der Waals surface area contributed by atoms with Crippen LogP contribution in [0.25, 0.3) is 10.9 Å². The highest BCUT2D eigenvalue weighted by Gasteiger charge is 2.11. The third kappa shape index (κ3) is 3.64. The first kappa shape index (κ1) is 16.0. The van der Waals surface area contributed by atoms with Gasteiger partial charge in [0.1, 0.15) is 0 Å². The van der Waals surface area contributed by atoms with Crippen LogP contribution in [-0.2, 0) is 22.6 Å². The maximum atomic E-state index is 5.22. The Balaban J connectivity index is 2.21. The Morgan fingerprint density at radius 2 is 1.86 bits per heavy atom. The van der Waals surface area contributed by atoms with Crippen LogP contribution in [0.4, 0.5) is 0 Å². The first-order valence-corrected chi connectivity index (χ1v) is 7.46. The van der Waals surface area contributed by atoms with Crippen molar-refractivity contribution >= 4 is 10.9 Å². The molecule has 0 radical (unpaired) electrons. The van der Waals surface area contributed by atoms with Gasteiger partial charge in [0.15, 0.2) is 0 Å². The van der Waals surface area contributed by atoms with Crippen molar-refractivity contribution in [3.05, 3.63) is 35.0 Å². The van der Waals surface area contributed by atoms with E-state index in [-0.39, 0.29) is 0 Å². The van der Waals surface area contributed by atoms with E-state index in [1.165, 1.54) is 27.7 Å². The van der Waals surface area contributed by atoms with Crippen molar-refractivity contribution in [2.45, 2.75) is 26.9 Å². The average Bonchev–Trinajstić information content (AvgIpc) is 2.73. The van der Waals surface area contributed by atoms with E-state index in [2.05, 4.69) is 41.9 Å². The van der Waals surface area contributed by atoms with Gasteiger partial charge in [0, 0.05) is 50.5 Å².